The van der Waals surface area contributed by atoms with E-state index >= 15 is 0 Å². The lowest BCUT2D eigenvalue weighted by atomic mass is 9.76. The molecule has 2 aromatic heterocycles. The van der Waals surface area contributed by atoms with Crippen LogP contribution in [0.25, 0.3) is 49.5 Å². The Kier molecular flexibility index (Phi) is 4.57. The summed E-state index contributed by atoms with van der Waals surface area (Å²) in [6.45, 7) is 4.59. The molecule has 0 radical (unpaired) electrons. The molecule has 0 atom stereocenters. The molecule has 5 aromatic carbocycles. The van der Waals surface area contributed by atoms with Crippen LogP contribution < -0.4 is 4.74 Å². The van der Waals surface area contributed by atoms with Crippen LogP contribution in [0.2, 0.25) is 0 Å². The van der Waals surface area contributed by atoms with Gasteiger partial charge in [0.05, 0.1) is 11.0 Å². The lowest BCUT2D eigenvalue weighted by molar-refractivity contribution is 0.483. The molecule has 0 amide bonds. The van der Waals surface area contributed by atoms with E-state index in [1.165, 1.54) is 43.8 Å². The van der Waals surface area contributed by atoms with Crippen LogP contribution >= 0.6 is 0 Å². The first-order valence-corrected chi connectivity index (χ1v) is 13.4. The van der Waals surface area contributed by atoms with E-state index in [2.05, 4.69) is 122 Å². The highest BCUT2D eigenvalue weighted by atomic mass is 16.5. The van der Waals surface area contributed by atoms with Gasteiger partial charge in [0.2, 0.25) is 0 Å². The predicted molar refractivity (Wildman–Crippen MR) is 160 cm³/mol. The van der Waals surface area contributed by atoms with Crippen molar-refractivity contribution in [2.24, 2.45) is 0 Å². The van der Waals surface area contributed by atoms with Crippen molar-refractivity contribution in [2.75, 3.05) is 0 Å². The van der Waals surface area contributed by atoms with Crippen LogP contribution in [-0.4, -0.2) is 9.55 Å². The minimum Gasteiger partial charge on any atom is -0.457 e. The molecule has 3 heteroatoms. The second kappa shape index (κ2) is 8.05. The number of pyridine rings is 1. The van der Waals surface area contributed by atoms with E-state index in [0.29, 0.717) is 0 Å². The Morgan fingerprint density at radius 3 is 2.36 bits per heavy atom. The number of aromatic nitrogens is 2. The van der Waals surface area contributed by atoms with Crippen molar-refractivity contribution in [3.8, 4) is 28.4 Å². The summed E-state index contributed by atoms with van der Waals surface area (Å²) >= 11 is 0. The summed E-state index contributed by atoms with van der Waals surface area (Å²) in [6, 6.07) is 40.6. The van der Waals surface area contributed by atoms with Crippen molar-refractivity contribution in [3.05, 3.63) is 133 Å². The van der Waals surface area contributed by atoms with Gasteiger partial charge in [-0.25, -0.2) is 4.98 Å². The zero-order valence-electron chi connectivity index (χ0n) is 21.8. The predicted octanol–water partition coefficient (Wildman–Crippen LogP) is 9.43. The van der Waals surface area contributed by atoms with Gasteiger partial charge in [0.15, 0.2) is 0 Å². The Hall–Kier alpha value is -4.89. The molecular weight excluding hydrogens is 476 g/mol. The molecular formula is C36H26N2O. The minimum atomic E-state index is -0.130. The van der Waals surface area contributed by atoms with E-state index in [1.54, 1.807) is 0 Å². The zero-order chi connectivity index (χ0) is 26.1. The molecule has 8 rings (SSSR count). The second-order valence-electron chi connectivity index (χ2n) is 10.9. The molecule has 0 unspecified atom stereocenters. The lowest BCUT2D eigenvalue weighted by Crippen LogP contribution is -2.26. The summed E-state index contributed by atoms with van der Waals surface area (Å²) < 4.78 is 8.82. The molecule has 0 fully saturated rings. The Labute approximate surface area is 226 Å². The summed E-state index contributed by atoms with van der Waals surface area (Å²) in [5, 5.41) is 4.93. The van der Waals surface area contributed by atoms with Gasteiger partial charge in [-0.2, -0.15) is 0 Å². The molecule has 7 aromatic rings. The van der Waals surface area contributed by atoms with E-state index in [1.807, 2.05) is 18.3 Å². The molecule has 0 aliphatic carbocycles. The van der Waals surface area contributed by atoms with Gasteiger partial charge in [0.1, 0.15) is 17.3 Å². The molecule has 0 saturated carbocycles. The first kappa shape index (κ1) is 22.1. The fourth-order valence-corrected chi connectivity index (χ4v) is 6.38. The highest BCUT2D eigenvalue weighted by molar-refractivity contribution is 6.11. The first-order chi connectivity index (χ1) is 19.1. The number of rotatable bonds is 3. The highest BCUT2D eigenvalue weighted by Gasteiger charge is 2.35. The van der Waals surface area contributed by atoms with Gasteiger partial charge >= 0.3 is 0 Å². The van der Waals surface area contributed by atoms with Crippen molar-refractivity contribution < 1.29 is 4.74 Å². The molecule has 39 heavy (non-hydrogen) atoms. The number of nitrogens with zero attached hydrogens (tertiary/aromatic N) is 2. The SMILES string of the molecule is CC1(C)c2cccnc2-n2c3cc(Oc4cccc(-c5cccc6ccccc56)c4)ccc3c3cccc1c32. The number of hydrogen-bond donors (Lipinski definition) is 0. The molecule has 3 heterocycles. The van der Waals surface area contributed by atoms with E-state index in [0.717, 1.165) is 28.4 Å². The Morgan fingerprint density at radius 1 is 0.641 bits per heavy atom. The van der Waals surface area contributed by atoms with E-state index < -0.39 is 0 Å². The van der Waals surface area contributed by atoms with Crippen LogP contribution in [0.4, 0.5) is 0 Å². The quantitative estimate of drug-likeness (QED) is 0.241. The van der Waals surface area contributed by atoms with Crippen LogP contribution in [0.1, 0.15) is 25.0 Å². The third kappa shape index (κ3) is 3.20. The highest BCUT2D eigenvalue weighted by Crippen LogP contribution is 2.47. The summed E-state index contributed by atoms with van der Waals surface area (Å²) in [5.74, 6) is 2.62. The Balaban J connectivity index is 1.27. The summed E-state index contributed by atoms with van der Waals surface area (Å²) in [4.78, 5) is 4.87. The van der Waals surface area contributed by atoms with Crippen molar-refractivity contribution in [1.29, 1.82) is 0 Å². The number of para-hydroxylation sites is 1. The molecule has 186 valence electrons. The monoisotopic (exact) mass is 502 g/mol. The molecule has 0 N–H and O–H groups in total. The lowest BCUT2D eigenvalue weighted by Gasteiger charge is -2.33. The van der Waals surface area contributed by atoms with Crippen LogP contribution in [0.3, 0.4) is 0 Å². The van der Waals surface area contributed by atoms with Gasteiger partial charge < -0.3 is 4.74 Å². The topological polar surface area (TPSA) is 27.1 Å². The van der Waals surface area contributed by atoms with Gasteiger partial charge in [0.25, 0.3) is 0 Å². The summed E-state index contributed by atoms with van der Waals surface area (Å²) in [5.41, 5.74) is 7.11. The average Bonchev–Trinajstić information content (AvgIpc) is 3.30. The number of hydrogen-bond acceptors (Lipinski definition) is 2. The van der Waals surface area contributed by atoms with Crippen molar-refractivity contribution in [3.63, 3.8) is 0 Å². The Morgan fingerprint density at radius 2 is 1.41 bits per heavy atom. The largest absolute Gasteiger partial charge is 0.457 e. The van der Waals surface area contributed by atoms with Crippen LogP contribution in [0.15, 0.2) is 121 Å². The first-order valence-electron chi connectivity index (χ1n) is 13.4. The molecule has 0 saturated heterocycles. The fourth-order valence-electron chi connectivity index (χ4n) is 6.38. The normalized spacial score (nSPS) is 13.6. The molecule has 0 bridgehead atoms. The van der Waals surface area contributed by atoms with E-state index in [-0.39, 0.29) is 5.41 Å². The second-order valence-corrected chi connectivity index (χ2v) is 10.9. The number of fused-ring (bicyclic) bond motifs is 6. The van der Waals surface area contributed by atoms with Crippen LogP contribution in [-0.2, 0) is 5.41 Å². The molecule has 1 aliphatic heterocycles. The van der Waals surface area contributed by atoms with E-state index in [9.17, 15) is 0 Å². The molecule has 1 aliphatic rings. The maximum atomic E-state index is 6.50. The van der Waals surface area contributed by atoms with Gasteiger partial charge in [-0.05, 0) is 57.8 Å². The summed E-state index contributed by atoms with van der Waals surface area (Å²) in [6.07, 6.45) is 1.89. The van der Waals surface area contributed by atoms with Crippen LogP contribution in [0, 0.1) is 0 Å². The van der Waals surface area contributed by atoms with Gasteiger partial charge in [-0.1, -0.05) is 92.7 Å². The van der Waals surface area contributed by atoms with Gasteiger partial charge in [-0.15, -0.1) is 0 Å². The number of ether oxygens (including phenoxy) is 1. The zero-order valence-corrected chi connectivity index (χ0v) is 21.8. The number of benzene rings is 5. The van der Waals surface area contributed by atoms with Gasteiger partial charge in [0, 0.05) is 34.0 Å². The maximum Gasteiger partial charge on any atom is 0.141 e. The van der Waals surface area contributed by atoms with E-state index in [4.69, 9.17) is 9.72 Å². The standard InChI is InChI=1S/C36H26N2O/c1-36(2)31-16-7-15-30-29-19-18-26(22-33(29)38(34(30)31)35-32(36)17-8-20-37-35)39-25-12-5-11-24(21-25)28-14-6-10-23-9-3-4-13-27(23)28/h3-22H,1-2H3. The van der Waals surface area contributed by atoms with Gasteiger partial charge in [-0.3, -0.25) is 4.57 Å². The molecule has 0 spiro atoms. The van der Waals surface area contributed by atoms with Crippen molar-refractivity contribution >= 4 is 32.6 Å². The van der Waals surface area contributed by atoms with Crippen molar-refractivity contribution in [1.82, 2.24) is 9.55 Å². The minimum absolute atomic E-state index is 0.130. The average molecular weight is 503 g/mol. The summed E-state index contributed by atoms with van der Waals surface area (Å²) in [7, 11) is 0. The maximum absolute atomic E-state index is 6.50. The molecule has 3 nitrogen and oxygen atoms in total. The fraction of sp³-hybridized carbons (Fsp3) is 0.0833. The van der Waals surface area contributed by atoms with Crippen LogP contribution in [0.5, 0.6) is 11.5 Å². The Bertz CT molecular complexity index is 2080. The smallest absolute Gasteiger partial charge is 0.141 e. The third-order valence-corrected chi connectivity index (χ3v) is 8.28. The third-order valence-electron chi connectivity index (χ3n) is 8.28. The van der Waals surface area contributed by atoms with Crippen molar-refractivity contribution in [2.45, 2.75) is 19.3 Å².